The third-order valence-corrected chi connectivity index (χ3v) is 4.56. The van der Waals surface area contributed by atoms with E-state index in [1.165, 1.54) is 0 Å². The van der Waals surface area contributed by atoms with Crippen molar-refractivity contribution in [3.05, 3.63) is 99.8 Å². The molecule has 0 aliphatic carbocycles. The van der Waals surface area contributed by atoms with Crippen LogP contribution in [0, 0.1) is 0 Å². The van der Waals surface area contributed by atoms with E-state index in [0.29, 0.717) is 21.8 Å². The minimum atomic E-state index is -0.665. The van der Waals surface area contributed by atoms with Crippen molar-refractivity contribution in [2.45, 2.75) is 0 Å². The molecule has 33 heavy (non-hydrogen) atoms. The molecule has 0 amide bonds. The molecular formula is C23H17CuN5O4. The van der Waals surface area contributed by atoms with Crippen molar-refractivity contribution in [3.8, 4) is 11.5 Å². The number of aromatic amines is 2. The number of hydrogen-bond donors (Lipinski definition) is 4. The number of aromatic hydroxyl groups is 2. The molecule has 10 heteroatoms. The van der Waals surface area contributed by atoms with Gasteiger partial charge in [0.2, 0.25) is 0 Å². The van der Waals surface area contributed by atoms with Crippen LogP contribution in [0.15, 0.2) is 98.9 Å². The molecule has 0 saturated heterocycles. The van der Waals surface area contributed by atoms with Gasteiger partial charge >= 0.3 is 0 Å². The predicted molar refractivity (Wildman–Crippen MR) is 121 cm³/mol. The fourth-order valence-electron chi connectivity index (χ4n) is 3.03. The number of benzene rings is 2. The first-order valence-corrected chi connectivity index (χ1v) is 9.51. The second kappa shape index (κ2) is 10.4. The average molecular weight is 491 g/mol. The number of para-hydroxylation sites is 2. The minimum Gasteiger partial charge on any atom is -0.505 e. The zero-order valence-corrected chi connectivity index (χ0v) is 17.8. The van der Waals surface area contributed by atoms with E-state index >= 15 is 0 Å². The van der Waals surface area contributed by atoms with Gasteiger partial charge in [0, 0.05) is 40.2 Å². The van der Waals surface area contributed by atoms with Crippen molar-refractivity contribution in [1.82, 2.24) is 15.0 Å². The zero-order chi connectivity index (χ0) is 22.5. The minimum absolute atomic E-state index is 0. The van der Waals surface area contributed by atoms with Gasteiger partial charge in [0.15, 0.2) is 22.9 Å². The van der Waals surface area contributed by atoms with Crippen LogP contribution in [0.1, 0.15) is 0 Å². The van der Waals surface area contributed by atoms with Gasteiger partial charge in [-0.25, -0.2) is 0 Å². The average Bonchev–Trinajstić information content (AvgIpc) is 2.82. The van der Waals surface area contributed by atoms with Crippen molar-refractivity contribution < 1.29 is 27.3 Å². The number of rotatable bonds is 2. The van der Waals surface area contributed by atoms with Gasteiger partial charge in [-0.15, -0.1) is 10.2 Å². The van der Waals surface area contributed by atoms with Crippen LogP contribution in [0.4, 0.5) is 11.4 Å². The van der Waals surface area contributed by atoms with E-state index in [1.807, 2.05) is 18.2 Å². The Labute approximate surface area is 197 Å². The summed E-state index contributed by atoms with van der Waals surface area (Å²) in [7, 11) is 0. The Hall–Kier alpha value is -4.27. The van der Waals surface area contributed by atoms with Crippen molar-refractivity contribution in [2.75, 3.05) is 0 Å². The molecule has 3 heterocycles. The third-order valence-electron chi connectivity index (χ3n) is 4.56. The van der Waals surface area contributed by atoms with Crippen molar-refractivity contribution in [2.24, 2.45) is 10.2 Å². The molecule has 0 spiro atoms. The first-order chi connectivity index (χ1) is 15.6. The van der Waals surface area contributed by atoms with Crippen molar-refractivity contribution in [1.29, 1.82) is 0 Å². The van der Waals surface area contributed by atoms with E-state index in [-0.39, 0.29) is 39.9 Å². The molecule has 0 bridgehead atoms. The summed E-state index contributed by atoms with van der Waals surface area (Å²) >= 11 is 0. The van der Waals surface area contributed by atoms with E-state index in [1.54, 1.807) is 60.9 Å². The SMILES string of the molecule is O=c1[nH]c2ccccc2c(O)c1N=Nc1c(O)c2ccccc2[nH]c1=O.[Cu].c1ccncc1. The number of H-pyrrole nitrogens is 2. The van der Waals surface area contributed by atoms with Crippen LogP contribution in [0.5, 0.6) is 11.5 Å². The first-order valence-electron chi connectivity index (χ1n) is 9.51. The number of nitrogens with zero attached hydrogens (tertiary/aromatic N) is 3. The normalized spacial score (nSPS) is 10.5. The molecule has 0 atom stereocenters. The van der Waals surface area contributed by atoms with Crippen LogP contribution in [0.3, 0.4) is 0 Å². The fraction of sp³-hybridized carbons (Fsp3) is 0. The van der Waals surface area contributed by atoms with Crippen LogP contribution in [-0.4, -0.2) is 25.2 Å². The molecule has 0 aliphatic heterocycles. The summed E-state index contributed by atoms with van der Waals surface area (Å²) in [5, 5.41) is 28.8. The quantitative estimate of drug-likeness (QED) is 0.216. The van der Waals surface area contributed by atoms with Crippen LogP contribution in [0.25, 0.3) is 21.8 Å². The molecule has 1 radical (unpaired) electrons. The second-order valence-corrected chi connectivity index (χ2v) is 6.62. The Kier molecular flexibility index (Phi) is 7.34. The molecular weight excluding hydrogens is 474 g/mol. The molecule has 9 nitrogen and oxygen atoms in total. The Balaban J connectivity index is 0.000000382. The number of hydrogen-bond acceptors (Lipinski definition) is 7. The van der Waals surface area contributed by atoms with Crippen molar-refractivity contribution >= 4 is 33.2 Å². The molecule has 5 aromatic rings. The number of pyridine rings is 3. The number of aromatic nitrogens is 3. The summed E-state index contributed by atoms with van der Waals surface area (Å²) in [5.74, 6) is -0.713. The molecule has 5 rings (SSSR count). The van der Waals surface area contributed by atoms with E-state index in [9.17, 15) is 19.8 Å². The van der Waals surface area contributed by atoms with E-state index < -0.39 is 11.1 Å². The van der Waals surface area contributed by atoms with Crippen LogP contribution in [0.2, 0.25) is 0 Å². The van der Waals surface area contributed by atoms with Gasteiger partial charge in [-0.3, -0.25) is 14.6 Å². The summed E-state index contributed by atoms with van der Waals surface area (Å²) in [4.78, 5) is 33.2. The number of fused-ring (bicyclic) bond motifs is 2. The number of nitrogens with one attached hydrogen (secondary N) is 2. The smallest absolute Gasteiger partial charge is 0.280 e. The second-order valence-electron chi connectivity index (χ2n) is 6.62. The predicted octanol–water partition coefficient (Wildman–Crippen LogP) is 4.28. The van der Waals surface area contributed by atoms with Crippen LogP contribution in [-0.2, 0) is 17.1 Å². The summed E-state index contributed by atoms with van der Waals surface area (Å²) in [5.41, 5.74) is -1.14. The van der Waals surface area contributed by atoms with Gasteiger partial charge in [-0.1, -0.05) is 30.3 Å². The molecule has 3 aromatic heterocycles. The molecule has 0 aliphatic rings. The largest absolute Gasteiger partial charge is 0.505 e. The molecule has 0 saturated carbocycles. The maximum Gasteiger partial charge on any atom is 0.280 e. The molecule has 0 unspecified atom stereocenters. The first kappa shape index (κ1) is 23.4. The Bertz CT molecular complexity index is 1420. The number of azo groups is 1. The van der Waals surface area contributed by atoms with E-state index in [2.05, 4.69) is 25.2 Å². The molecule has 169 valence electrons. The van der Waals surface area contributed by atoms with Gasteiger partial charge in [-0.2, -0.15) is 0 Å². The molecule has 0 fully saturated rings. The summed E-state index contributed by atoms with van der Waals surface area (Å²) in [6, 6.07) is 19.0. The monoisotopic (exact) mass is 490 g/mol. The summed E-state index contributed by atoms with van der Waals surface area (Å²) in [6.07, 6.45) is 3.50. The summed E-state index contributed by atoms with van der Waals surface area (Å²) in [6.45, 7) is 0. The van der Waals surface area contributed by atoms with E-state index in [4.69, 9.17) is 0 Å². The fourth-order valence-corrected chi connectivity index (χ4v) is 3.03. The van der Waals surface area contributed by atoms with Gasteiger partial charge in [0.25, 0.3) is 11.1 Å². The van der Waals surface area contributed by atoms with Gasteiger partial charge < -0.3 is 20.2 Å². The van der Waals surface area contributed by atoms with Gasteiger partial charge in [-0.05, 0) is 36.4 Å². The summed E-state index contributed by atoms with van der Waals surface area (Å²) < 4.78 is 0. The molecule has 4 N–H and O–H groups in total. The Morgan fingerprint density at radius 1 is 0.636 bits per heavy atom. The van der Waals surface area contributed by atoms with Crippen LogP contribution < -0.4 is 11.1 Å². The Morgan fingerprint density at radius 2 is 1.06 bits per heavy atom. The Morgan fingerprint density at radius 3 is 1.42 bits per heavy atom. The third kappa shape index (κ3) is 4.98. The maximum atomic E-state index is 12.1. The van der Waals surface area contributed by atoms with E-state index in [0.717, 1.165) is 0 Å². The maximum absolute atomic E-state index is 12.1. The molecule has 2 aromatic carbocycles. The zero-order valence-electron chi connectivity index (χ0n) is 16.9. The van der Waals surface area contributed by atoms with Gasteiger partial charge in [0.1, 0.15) is 0 Å². The van der Waals surface area contributed by atoms with Crippen molar-refractivity contribution in [3.63, 3.8) is 0 Å². The topological polar surface area (TPSA) is 144 Å². The standard InChI is InChI=1S/C18H12N4O4.C5H5N.Cu/c23-15-9-5-1-3-7-11(9)19-17(25)13(15)21-22-14-16(24)10-6-2-4-8-12(10)20-18(14)26;1-2-4-6-5-3-1;/h1-8H,(H2,19,23,25)(H2,20,24,26);1-5H;. The van der Waals surface area contributed by atoms with Gasteiger partial charge in [0.05, 0.1) is 11.0 Å². The van der Waals surface area contributed by atoms with Crippen LogP contribution >= 0.6 is 0 Å².